The van der Waals surface area contributed by atoms with Gasteiger partial charge in [-0.05, 0) is 66.6 Å². The zero-order valence-corrected chi connectivity index (χ0v) is 45.9. The Balaban J connectivity index is 1.30. The molecule has 81 heavy (non-hydrogen) atoms. The van der Waals surface area contributed by atoms with Crippen LogP contribution in [-0.2, 0) is 56.0 Å². The number of amides is 5. The number of rotatable bonds is 24. The Morgan fingerprint density at radius 3 is 1.79 bits per heavy atom. The van der Waals surface area contributed by atoms with Crippen LogP contribution >= 0.6 is 0 Å². The number of aliphatic carboxylic acids is 3. The van der Waals surface area contributed by atoms with E-state index in [1.165, 1.54) is 12.1 Å². The molecule has 26 heteroatoms. The lowest BCUT2D eigenvalue weighted by Gasteiger charge is -2.44. The summed E-state index contributed by atoms with van der Waals surface area (Å²) in [5, 5.41) is 54.7. The summed E-state index contributed by atoms with van der Waals surface area (Å²) in [5.41, 5.74) is 10.5. The number of carboxylic acid groups (broad SMARTS) is 3. The monoisotopic (exact) mass is 1130 g/mol. The number of hydrogen-bond donors (Lipinski definition) is 11. The quantitative estimate of drug-likeness (QED) is 0.0207. The number of phenolic OH excluding ortho intramolecular Hbond substituents is 1. The van der Waals surface area contributed by atoms with Crippen molar-refractivity contribution in [1.29, 1.82) is 0 Å². The first kappa shape index (κ1) is 64.0. The number of hydrogen-bond acceptors (Lipinski definition) is 16. The smallest absolute Gasteiger partial charge is 0.317 e. The van der Waals surface area contributed by atoms with E-state index in [1.54, 1.807) is 38.7 Å². The highest BCUT2D eigenvalue weighted by molar-refractivity contribution is 5.95. The summed E-state index contributed by atoms with van der Waals surface area (Å²) < 4.78 is 0. The largest absolute Gasteiger partial charge is 0.508 e. The second kappa shape index (κ2) is 32.5. The summed E-state index contributed by atoms with van der Waals surface area (Å²) in [7, 11) is 0. The first-order valence-corrected chi connectivity index (χ1v) is 27.3. The van der Waals surface area contributed by atoms with Crippen LogP contribution in [0.2, 0.25) is 0 Å². The summed E-state index contributed by atoms with van der Waals surface area (Å²) in [6.45, 7) is 2.48. The van der Waals surface area contributed by atoms with Gasteiger partial charge < -0.3 is 58.5 Å². The number of benzene rings is 3. The van der Waals surface area contributed by atoms with E-state index in [2.05, 4.69) is 31.6 Å². The van der Waals surface area contributed by atoms with E-state index in [0.29, 0.717) is 43.1 Å². The van der Waals surface area contributed by atoms with E-state index in [9.17, 15) is 63.6 Å². The fourth-order valence-electron chi connectivity index (χ4n) is 9.92. The SMILES string of the molecule is C[C@@H]1C(=O)N[C@@H](CCCN=C(N)N)C(=O)N[C@@H](Cc2ccc3ccccc3c2)C(=O)NCC(=O)N[C@@](C=O)(Cc2ccc(O)cc2)N1CCCCCCNC(=O)CN1CCN(CC(=O)O)CCN(CC(=O)O)CCN(CC(=O)O)CC1. The van der Waals surface area contributed by atoms with E-state index in [4.69, 9.17) is 11.5 Å². The molecule has 2 fully saturated rings. The summed E-state index contributed by atoms with van der Waals surface area (Å²) >= 11 is 0. The van der Waals surface area contributed by atoms with Gasteiger partial charge in [0.25, 0.3) is 0 Å². The van der Waals surface area contributed by atoms with Crippen molar-refractivity contribution in [2.45, 2.75) is 82.1 Å². The Morgan fingerprint density at radius 1 is 0.679 bits per heavy atom. The van der Waals surface area contributed by atoms with E-state index in [0.717, 1.165) is 10.8 Å². The zero-order valence-electron chi connectivity index (χ0n) is 45.9. The number of phenols is 1. The topological polar surface area (TPSA) is 375 Å². The molecule has 13 N–H and O–H groups in total. The lowest BCUT2D eigenvalue weighted by Crippen LogP contribution is -2.69. The van der Waals surface area contributed by atoms with Gasteiger partial charge in [-0.1, -0.05) is 67.4 Å². The first-order chi connectivity index (χ1) is 38.7. The van der Waals surface area contributed by atoms with E-state index in [-0.39, 0.29) is 141 Å². The molecule has 2 saturated heterocycles. The van der Waals surface area contributed by atoms with Crippen molar-refractivity contribution >= 4 is 70.5 Å². The molecule has 5 rings (SSSR count). The predicted molar refractivity (Wildman–Crippen MR) is 299 cm³/mol. The Kier molecular flexibility index (Phi) is 25.7. The lowest BCUT2D eigenvalue weighted by atomic mass is 9.95. The van der Waals surface area contributed by atoms with Crippen LogP contribution in [0.5, 0.6) is 5.75 Å². The predicted octanol–water partition coefficient (Wildman–Crippen LogP) is -1.66. The van der Waals surface area contributed by atoms with Crippen LogP contribution in [0.4, 0.5) is 0 Å². The number of carbonyl (C=O) groups is 9. The molecule has 442 valence electrons. The van der Waals surface area contributed by atoms with Gasteiger partial charge >= 0.3 is 17.9 Å². The molecule has 2 heterocycles. The van der Waals surface area contributed by atoms with Gasteiger partial charge in [0.2, 0.25) is 29.5 Å². The summed E-state index contributed by atoms with van der Waals surface area (Å²) in [6, 6.07) is 15.7. The number of unbranched alkanes of at least 4 members (excludes halogenated alkanes) is 3. The number of nitrogens with one attached hydrogen (secondary N) is 5. The van der Waals surface area contributed by atoms with Gasteiger partial charge in [-0.3, -0.25) is 72.6 Å². The number of nitrogens with zero attached hydrogens (tertiary/aromatic N) is 6. The normalized spacial score (nSPS) is 21.2. The number of nitrogens with two attached hydrogens (primary N) is 2. The fraction of sp³-hybridized carbons (Fsp3) is 0.527. The van der Waals surface area contributed by atoms with Crippen molar-refractivity contribution in [3.8, 4) is 5.75 Å². The minimum atomic E-state index is -1.91. The number of aldehydes is 1. The van der Waals surface area contributed by atoms with Crippen LogP contribution in [0.15, 0.2) is 71.7 Å². The maximum atomic E-state index is 14.6. The lowest BCUT2D eigenvalue weighted by molar-refractivity contribution is -0.142. The molecular formula is C55H79N13O13. The van der Waals surface area contributed by atoms with Crippen molar-refractivity contribution in [3.05, 3.63) is 77.9 Å². The summed E-state index contributed by atoms with van der Waals surface area (Å²) in [5.74, 6) is -6.50. The third-order valence-corrected chi connectivity index (χ3v) is 14.2. The maximum absolute atomic E-state index is 14.6. The van der Waals surface area contributed by atoms with Crippen molar-refractivity contribution in [3.63, 3.8) is 0 Å². The molecule has 3 aromatic carbocycles. The molecule has 26 nitrogen and oxygen atoms in total. The zero-order chi connectivity index (χ0) is 58.9. The third kappa shape index (κ3) is 22.0. The van der Waals surface area contributed by atoms with Gasteiger partial charge in [0.1, 0.15) is 17.8 Å². The third-order valence-electron chi connectivity index (χ3n) is 14.2. The molecule has 0 aliphatic carbocycles. The molecule has 2 aliphatic heterocycles. The molecule has 0 radical (unpaired) electrons. The first-order valence-electron chi connectivity index (χ1n) is 27.3. The van der Waals surface area contributed by atoms with E-state index >= 15 is 0 Å². The molecule has 3 aromatic rings. The highest BCUT2D eigenvalue weighted by atomic mass is 16.4. The second-order valence-electron chi connectivity index (χ2n) is 20.5. The van der Waals surface area contributed by atoms with Crippen LogP contribution in [0.3, 0.4) is 0 Å². The molecule has 0 saturated carbocycles. The van der Waals surface area contributed by atoms with Gasteiger partial charge in [-0.2, -0.15) is 0 Å². The number of fused-ring (bicyclic) bond motifs is 1. The standard InChI is InChI=1S/C55H79N13O13/c1-38-51(79)61-44(11-8-19-59-54(56)57)53(81)62-45(30-40-12-15-41-9-4-5-10-42(41)29-40)52(80)60-32-46(71)63-55(37-69,31-39-13-16-43(70)17-14-39)68(38)20-7-3-2-6-18-58-47(72)33-64-21-23-65(34-48(73)74)25-27-67(36-50(77)78)28-26-66(24-22-64)35-49(75)76/h4-5,9-10,12-17,29,37-38,44-45,70H,2-3,6-8,11,18-28,30-36H2,1H3,(H,58,72)(H,60,80)(H,61,79)(H,62,81)(H,63,71)(H,73,74)(H,75,76)(H,77,78)(H4,56,57,59)/t38-,44+,45+,55+/m1/s1. The second-order valence-corrected chi connectivity index (χ2v) is 20.5. The van der Waals surface area contributed by atoms with Crippen molar-refractivity contribution in [2.24, 2.45) is 16.5 Å². The molecule has 0 unspecified atom stereocenters. The minimum Gasteiger partial charge on any atom is -0.508 e. The van der Waals surface area contributed by atoms with Crippen LogP contribution in [0.1, 0.15) is 56.6 Å². The van der Waals surface area contributed by atoms with Crippen LogP contribution < -0.4 is 38.1 Å². The van der Waals surface area contributed by atoms with Crippen molar-refractivity contribution in [1.82, 2.24) is 51.1 Å². The van der Waals surface area contributed by atoms with Crippen molar-refractivity contribution < 1.29 is 63.6 Å². The Bertz CT molecular complexity index is 2630. The van der Waals surface area contributed by atoms with Gasteiger partial charge in [0.05, 0.1) is 38.8 Å². The maximum Gasteiger partial charge on any atom is 0.317 e. The summed E-state index contributed by atoms with van der Waals surface area (Å²) in [6.07, 6.45) is 2.70. The van der Waals surface area contributed by atoms with E-state index < -0.39 is 71.9 Å². The van der Waals surface area contributed by atoms with Gasteiger partial charge in [-0.15, -0.1) is 0 Å². The van der Waals surface area contributed by atoms with Crippen LogP contribution in [0.25, 0.3) is 10.8 Å². The molecule has 0 spiro atoms. The highest BCUT2D eigenvalue weighted by Crippen LogP contribution is 2.24. The molecule has 2 aliphatic rings. The fourth-order valence-corrected chi connectivity index (χ4v) is 9.92. The molecule has 4 atom stereocenters. The van der Waals surface area contributed by atoms with Gasteiger partial charge in [0.15, 0.2) is 17.9 Å². The van der Waals surface area contributed by atoms with Gasteiger partial charge in [-0.25, -0.2) is 0 Å². The number of aromatic hydroxyl groups is 1. The van der Waals surface area contributed by atoms with Crippen molar-refractivity contribution in [2.75, 3.05) is 105 Å². The number of guanidine groups is 1. The van der Waals surface area contributed by atoms with Crippen LogP contribution in [0, 0.1) is 0 Å². The Morgan fingerprint density at radius 2 is 1.22 bits per heavy atom. The van der Waals surface area contributed by atoms with Gasteiger partial charge in [0, 0.05) is 84.8 Å². The number of aliphatic imine (C=N–C) groups is 1. The average molecular weight is 1130 g/mol. The molecule has 0 aromatic heterocycles. The number of carbonyl (C=O) groups excluding carboxylic acids is 6. The van der Waals surface area contributed by atoms with Crippen LogP contribution in [-0.4, -0.2) is 233 Å². The molecular weight excluding hydrogens is 1050 g/mol. The summed E-state index contributed by atoms with van der Waals surface area (Å²) in [4.78, 5) is 132. The molecule has 5 amide bonds. The number of carboxylic acids is 3. The minimum absolute atomic E-state index is 0.0279. The Labute approximate surface area is 470 Å². The van der Waals surface area contributed by atoms with E-state index in [1.807, 2.05) is 47.4 Å². The Hall–Kier alpha value is -7.78. The average Bonchev–Trinajstić information content (AvgIpc) is 3.63. The molecule has 0 bridgehead atoms. The highest BCUT2D eigenvalue weighted by Gasteiger charge is 2.44.